The molecule has 0 saturated heterocycles. The molecular weight excluding hydrogens is 412 g/mol. The molecule has 0 bridgehead atoms. The summed E-state index contributed by atoms with van der Waals surface area (Å²) in [7, 11) is -1.64. The minimum atomic E-state index is -3.20. The molecule has 0 unspecified atom stereocenters. The Labute approximate surface area is 183 Å². The van der Waals surface area contributed by atoms with Gasteiger partial charge in [-0.15, -0.1) is 0 Å². The Bertz CT molecular complexity index is 1090. The van der Waals surface area contributed by atoms with Crippen LogP contribution in [0.2, 0.25) is 0 Å². The van der Waals surface area contributed by atoms with Gasteiger partial charge >= 0.3 is 0 Å². The van der Waals surface area contributed by atoms with Crippen LogP contribution in [0.25, 0.3) is 11.1 Å². The second-order valence-electron chi connectivity index (χ2n) is 7.28. The lowest BCUT2D eigenvalue weighted by atomic mass is 9.98. The fraction of sp³-hybridized carbons (Fsp3) is 0.304. The second kappa shape index (κ2) is 10.4. The van der Waals surface area contributed by atoms with Crippen molar-refractivity contribution in [3.05, 3.63) is 78.1 Å². The number of carbonyl (C=O) groups is 1. The molecular formula is C23H28N4O3S. The van der Waals surface area contributed by atoms with Crippen LogP contribution >= 0.6 is 0 Å². The van der Waals surface area contributed by atoms with E-state index in [4.69, 9.17) is 0 Å². The highest BCUT2D eigenvalue weighted by molar-refractivity contribution is 7.89. The van der Waals surface area contributed by atoms with E-state index >= 15 is 0 Å². The maximum atomic E-state index is 12.8. The molecule has 0 atom stereocenters. The van der Waals surface area contributed by atoms with Crippen LogP contribution < -0.4 is 5.32 Å². The van der Waals surface area contributed by atoms with E-state index in [9.17, 15) is 13.2 Å². The summed E-state index contributed by atoms with van der Waals surface area (Å²) >= 11 is 0. The Morgan fingerprint density at radius 3 is 2.52 bits per heavy atom. The van der Waals surface area contributed by atoms with Crippen molar-refractivity contribution >= 4 is 15.9 Å². The van der Waals surface area contributed by atoms with Crippen molar-refractivity contribution in [2.45, 2.75) is 19.9 Å². The second-order valence-corrected chi connectivity index (χ2v) is 9.64. The van der Waals surface area contributed by atoms with Crippen molar-refractivity contribution in [3.63, 3.8) is 0 Å². The van der Waals surface area contributed by atoms with Gasteiger partial charge in [0.15, 0.2) is 0 Å². The Morgan fingerprint density at radius 2 is 1.84 bits per heavy atom. The molecule has 1 amide bonds. The Morgan fingerprint density at radius 1 is 1.10 bits per heavy atom. The van der Waals surface area contributed by atoms with Crippen LogP contribution in [0.15, 0.2) is 67.0 Å². The lowest BCUT2D eigenvalue weighted by Crippen LogP contribution is -2.32. The van der Waals surface area contributed by atoms with E-state index < -0.39 is 10.0 Å². The summed E-state index contributed by atoms with van der Waals surface area (Å²) in [6.07, 6.45) is 4.22. The molecule has 164 valence electrons. The van der Waals surface area contributed by atoms with E-state index in [2.05, 4.69) is 10.4 Å². The van der Waals surface area contributed by atoms with Gasteiger partial charge in [-0.2, -0.15) is 5.10 Å². The van der Waals surface area contributed by atoms with Gasteiger partial charge in [0.2, 0.25) is 10.0 Å². The number of sulfonamides is 1. The van der Waals surface area contributed by atoms with Crippen molar-refractivity contribution in [2.24, 2.45) is 0 Å². The normalized spacial score (nSPS) is 11.6. The summed E-state index contributed by atoms with van der Waals surface area (Å²) < 4.78 is 26.8. The van der Waals surface area contributed by atoms with Gasteiger partial charge in [-0.05, 0) is 42.2 Å². The summed E-state index contributed by atoms with van der Waals surface area (Å²) in [6.45, 7) is 3.08. The third-order valence-electron chi connectivity index (χ3n) is 5.12. The van der Waals surface area contributed by atoms with Crippen molar-refractivity contribution < 1.29 is 13.2 Å². The number of rotatable bonds is 10. The highest BCUT2D eigenvalue weighted by Crippen LogP contribution is 2.24. The fourth-order valence-corrected chi connectivity index (χ4v) is 4.11. The van der Waals surface area contributed by atoms with Crippen molar-refractivity contribution in [2.75, 3.05) is 25.9 Å². The minimum Gasteiger partial charge on any atom is -0.352 e. The van der Waals surface area contributed by atoms with Crippen molar-refractivity contribution in [1.29, 1.82) is 0 Å². The van der Waals surface area contributed by atoms with E-state index in [0.29, 0.717) is 31.6 Å². The molecule has 1 aromatic heterocycles. The minimum absolute atomic E-state index is 0.0734. The third kappa shape index (κ3) is 6.02. The molecule has 0 aliphatic carbocycles. The SMILES string of the molecule is CCS(=O)(=O)N(C)CCCNC(=O)c1ccccc1-c1ccc(Cn2cccn2)cc1. The first-order valence-corrected chi connectivity index (χ1v) is 11.9. The largest absolute Gasteiger partial charge is 0.352 e. The van der Waals surface area contributed by atoms with Crippen LogP contribution in [0.5, 0.6) is 0 Å². The number of benzene rings is 2. The summed E-state index contributed by atoms with van der Waals surface area (Å²) in [5.74, 6) is -0.0959. The molecule has 3 rings (SSSR count). The number of nitrogens with zero attached hydrogens (tertiary/aromatic N) is 3. The third-order valence-corrected chi connectivity index (χ3v) is 6.98. The van der Waals surface area contributed by atoms with Gasteiger partial charge in [-0.3, -0.25) is 9.48 Å². The molecule has 0 aliphatic rings. The molecule has 7 nitrogen and oxygen atoms in total. The molecule has 0 aliphatic heterocycles. The Kier molecular flexibility index (Phi) is 7.59. The predicted octanol–water partition coefficient (Wildman–Crippen LogP) is 3.00. The molecule has 0 spiro atoms. The maximum absolute atomic E-state index is 12.8. The molecule has 0 saturated carbocycles. The topological polar surface area (TPSA) is 84.3 Å². The first-order valence-electron chi connectivity index (χ1n) is 10.3. The van der Waals surface area contributed by atoms with E-state index in [1.54, 1.807) is 26.2 Å². The van der Waals surface area contributed by atoms with E-state index in [1.165, 1.54) is 4.31 Å². The lowest BCUT2D eigenvalue weighted by molar-refractivity contribution is 0.0953. The first kappa shape index (κ1) is 22.7. The number of hydrogen-bond donors (Lipinski definition) is 1. The van der Waals surface area contributed by atoms with Crippen LogP contribution in [0, 0.1) is 0 Å². The van der Waals surface area contributed by atoms with Gasteiger partial charge in [0, 0.05) is 38.1 Å². The monoisotopic (exact) mass is 440 g/mol. The molecule has 2 aromatic carbocycles. The smallest absolute Gasteiger partial charge is 0.251 e. The molecule has 3 aromatic rings. The van der Waals surface area contributed by atoms with Gasteiger partial charge in [0.1, 0.15) is 0 Å². The summed E-state index contributed by atoms with van der Waals surface area (Å²) in [4.78, 5) is 12.8. The van der Waals surface area contributed by atoms with Gasteiger partial charge in [0.05, 0.1) is 12.3 Å². The zero-order valence-corrected chi connectivity index (χ0v) is 18.7. The summed E-state index contributed by atoms with van der Waals surface area (Å²) in [5, 5.41) is 7.12. The molecule has 0 radical (unpaired) electrons. The highest BCUT2D eigenvalue weighted by atomic mass is 32.2. The van der Waals surface area contributed by atoms with Crippen LogP contribution in [0.1, 0.15) is 29.3 Å². The number of nitrogens with one attached hydrogen (secondary N) is 1. The van der Waals surface area contributed by atoms with Crippen molar-refractivity contribution in [1.82, 2.24) is 19.4 Å². The maximum Gasteiger partial charge on any atom is 0.251 e. The van der Waals surface area contributed by atoms with E-state index in [-0.39, 0.29) is 11.7 Å². The molecule has 1 heterocycles. The van der Waals surface area contributed by atoms with Crippen LogP contribution in [-0.2, 0) is 16.6 Å². The molecule has 1 N–H and O–H groups in total. The molecule has 31 heavy (non-hydrogen) atoms. The standard InChI is InChI=1S/C23H28N4O3S/c1-3-31(29,30)26(2)16-6-14-24-23(28)22-9-5-4-8-21(22)20-12-10-19(11-13-20)18-27-17-7-15-25-27/h4-5,7-13,15,17H,3,6,14,16,18H2,1-2H3,(H,24,28). The van der Waals surface area contributed by atoms with E-state index in [1.807, 2.05) is 59.4 Å². The zero-order valence-electron chi connectivity index (χ0n) is 17.9. The van der Waals surface area contributed by atoms with Gasteiger partial charge in [0.25, 0.3) is 5.91 Å². The summed E-state index contributed by atoms with van der Waals surface area (Å²) in [6, 6.07) is 17.5. The quantitative estimate of drug-likeness (QED) is 0.491. The van der Waals surface area contributed by atoms with Crippen LogP contribution in [0.3, 0.4) is 0 Å². The van der Waals surface area contributed by atoms with Gasteiger partial charge in [-0.1, -0.05) is 42.5 Å². The van der Waals surface area contributed by atoms with Crippen LogP contribution in [0.4, 0.5) is 0 Å². The average Bonchev–Trinajstić information content (AvgIpc) is 3.30. The average molecular weight is 441 g/mol. The lowest BCUT2D eigenvalue weighted by Gasteiger charge is -2.16. The van der Waals surface area contributed by atoms with Crippen LogP contribution in [-0.4, -0.2) is 54.3 Å². The van der Waals surface area contributed by atoms with Crippen molar-refractivity contribution in [3.8, 4) is 11.1 Å². The fourth-order valence-electron chi connectivity index (χ4n) is 3.26. The first-order chi connectivity index (χ1) is 14.9. The number of amides is 1. The molecule has 8 heteroatoms. The molecule has 0 fully saturated rings. The zero-order chi connectivity index (χ0) is 22.3. The highest BCUT2D eigenvalue weighted by Gasteiger charge is 2.15. The van der Waals surface area contributed by atoms with Gasteiger partial charge < -0.3 is 5.32 Å². The number of carbonyl (C=O) groups excluding carboxylic acids is 1. The Hall–Kier alpha value is -2.97. The van der Waals surface area contributed by atoms with Gasteiger partial charge in [-0.25, -0.2) is 12.7 Å². The summed E-state index contributed by atoms with van der Waals surface area (Å²) in [5.41, 5.74) is 3.54. The number of aromatic nitrogens is 2. The Balaban J connectivity index is 1.62. The van der Waals surface area contributed by atoms with E-state index in [0.717, 1.165) is 16.7 Å². The number of hydrogen-bond acceptors (Lipinski definition) is 4. The predicted molar refractivity (Wildman–Crippen MR) is 122 cm³/mol.